The second-order valence-electron chi connectivity index (χ2n) is 5.06. The summed E-state index contributed by atoms with van der Waals surface area (Å²) in [6, 6.07) is 8.96. The highest BCUT2D eigenvalue weighted by Gasteiger charge is 2.40. The largest absolute Gasteiger partial charge is 0.479 e. The van der Waals surface area contributed by atoms with Crippen molar-refractivity contribution in [2.75, 3.05) is 41.4 Å². The Labute approximate surface area is 136 Å². The lowest BCUT2D eigenvalue weighted by molar-refractivity contribution is -0.132. The second-order valence-corrected chi connectivity index (χ2v) is 8.78. The zero-order chi connectivity index (χ0) is 16.8. The third-order valence-corrected chi connectivity index (χ3v) is 6.24. The van der Waals surface area contributed by atoms with Gasteiger partial charge in [-0.25, -0.2) is 0 Å². The molecule has 0 fully saturated rings. The summed E-state index contributed by atoms with van der Waals surface area (Å²) in [5, 5.41) is 0.648. The molecule has 0 aliphatic rings. The summed E-state index contributed by atoms with van der Waals surface area (Å²) in [5.74, 6) is -0.452. The Morgan fingerprint density at radius 3 is 1.73 bits per heavy atom. The molecule has 0 spiro atoms. The van der Waals surface area contributed by atoms with E-state index in [1.54, 1.807) is 52.5 Å². The minimum atomic E-state index is -3.37. The zero-order valence-electron chi connectivity index (χ0n) is 13.2. The van der Waals surface area contributed by atoms with Gasteiger partial charge in [0.15, 0.2) is 0 Å². The van der Waals surface area contributed by atoms with E-state index in [-0.39, 0.29) is 25.0 Å². The molecule has 2 amide bonds. The number of hydrogen-bond acceptors (Lipinski definition) is 4. The summed E-state index contributed by atoms with van der Waals surface area (Å²) in [4.78, 5) is 26.2. The summed E-state index contributed by atoms with van der Waals surface area (Å²) in [6.45, 7) is -0.401. The van der Waals surface area contributed by atoms with Crippen LogP contribution in [-0.4, -0.2) is 70.9 Å². The van der Waals surface area contributed by atoms with Gasteiger partial charge in [0.05, 0.1) is 0 Å². The molecule has 0 unspecified atom stereocenters. The van der Waals surface area contributed by atoms with Crippen molar-refractivity contribution in [1.29, 1.82) is 0 Å². The molecule has 0 aliphatic heterocycles. The van der Waals surface area contributed by atoms with E-state index in [9.17, 15) is 9.59 Å². The highest BCUT2D eigenvalue weighted by Crippen LogP contribution is 2.14. The number of likely N-dealkylation sites (N-methyl/N-ethyl adjacent to an activating group) is 2. The third kappa shape index (κ3) is 5.41. The molecule has 1 aromatic carbocycles. The molecule has 122 valence electrons. The summed E-state index contributed by atoms with van der Waals surface area (Å²) in [6.07, 6.45) is 0. The van der Waals surface area contributed by atoms with E-state index in [2.05, 4.69) is 0 Å². The fourth-order valence-corrected chi connectivity index (χ4v) is 3.74. The average molecular weight is 345 g/mol. The summed E-state index contributed by atoms with van der Waals surface area (Å²) >= 11 is 6.52. The van der Waals surface area contributed by atoms with E-state index in [0.29, 0.717) is 5.19 Å². The molecule has 0 aromatic heterocycles. The Morgan fingerprint density at radius 2 is 1.36 bits per heavy atom. The fourth-order valence-electron chi connectivity index (χ4n) is 1.41. The van der Waals surface area contributed by atoms with Gasteiger partial charge in [-0.3, -0.25) is 9.59 Å². The Balaban J connectivity index is 2.85. The van der Waals surface area contributed by atoms with Gasteiger partial charge in [-0.05, 0) is 0 Å². The predicted octanol–water partition coefficient (Wildman–Crippen LogP) is 0.281. The molecule has 0 bridgehead atoms. The number of amides is 2. The van der Waals surface area contributed by atoms with Crippen LogP contribution in [0.3, 0.4) is 0 Å². The van der Waals surface area contributed by atoms with Crippen LogP contribution < -0.4 is 5.19 Å². The van der Waals surface area contributed by atoms with E-state index < -0.39 is 7.87 Å². The van der Waals surface area contributed by atoms with Gasteiger partial charge < -0.3 is 18.7 Å². The normalized spacial score (nSPS) is 11.1. The molecule has 1 rings (SSSR count). The van der Waals surface area contributed by atoms with Crippen molar-refractivity contribution >= 4 is 36.0 Å². The molecule has 0 atom stereocenters. The van der Waals surface area contributed by atoms with Crippen LogP contribution in [-0.2, 0) is 18.4 Å². The summed E-state index contributed by atoms with van der Waals surface area (Å²) in [5.41, 5.74) is 0. The van der Waals surface area contributed by atoms with Crippen molar-refractivity contribution in [1.82, 2.24) is 9.80 Å². The number of benzene rings is 1. The Hall–Kier alpha value is -1.41. The molecule has 0 saturated carbocycles. The Kier molecular flexibility index (Phi) is 7.01. The molecule has 22 heavy (non-hydrogen) atoms. The molecular weight excluding hydrogens is 324 g/mol. The standard InChI is InChI=1S/C14H21ClN2O4Si/c1-16(2)13(18)10-20-22(15,12-8-6-5-7-9-12)21-11-14(19)17(3)4/h5-9H,10-11H2,1-4H3. The van der Waals surface area contributed by atoms with Crippen LogP contribution in [0.2, 0.25) is 0 Å². The number of carbonyl (C=O) groups is 2. The lowest BCUT2D eigenvalue weighted by Crippen LogP contribution is -2.52. The van der Waals surface area contributed by atoms with Crippen LogP contribution in [0.5, 0.6) is 0 Å². The van der Waals surface area contributed by atoms with Gasteiger partial charge in [-0.15, -0.1) is 0 Å². The zero-order valence-corrected chi connectivity index (χ0v) is 15.0. The van der Waals surface area contributed by atoms with E-state index in [1.807, 2.05) is 6.07 Å². The first-order valence-electron chi connectivity index (χ1n) is 6.69. The minimum Gasteiger partial charge on any atom is -0.370 e. The van der Waals surface area contributed by atoms with Gasteiger partial charge in [0, 0.05) is 33.4 Å². The summed E-state index contributed by atoms with van der Waals surface area (Å²) < 4.78 is 11.2. The van der Waals surface area contributed by atoms with Gasteiger partial charge >= 0.3 is 7.87 Å². The molecule has 1 aromatic rings. The Bertz CT molecular complexity index is 487. The average Bonchev–Trinajstić information content (AvgIpc) is 2.50. The molecule has 8 heteroatoms. The number of halogens is 1. The minimum absolute atomic E-state index is 0.201. The second kappa shape index (κ2) is 8.28. The van der Waals surface area contributed by atoms with Gasteiger partial charge in [0.2, 0.25) is 11.8 Å². The third-order valence-electron chi connectivity index (χ3n) is 2.88. The van der Waals surface area contributed by atoms with Crippen LogP contribution in [0.1, 0.15) is 0 Å². The number of nitrogens with zero attached hydrogens (tertiary/aromatic N) is 2. The molecule has 0 saturated heterocycles. The fraction of sp³-hybridized carbons (Fsp3) is 0.429. The number of rotatable bonds is 7. The van der Waals surface area contributed by atoms with Crippen molar-refractivity contribution in [3.05, 3.63) is 30.3 Å². The maximum absolute atomic E-state index is 11.7. The topological polar surface area (TPSA) is 59.1 Å². The Morgan fingerprint density at radius 1 is 0.955 bits per heavy atom. The predicted molar refractivity (Wildman–Crippen MR) is 87.0 cm³/mol. The van der Waals surface area contributed by atoms with Crippen molar-refractivity contribution in [3.8, 4) is 0 Å². The van der Waals surface area contributed by atoms with Crippen LogP contribution in [0.15, 0.2) is 30.3 Å². The maximum atomic E-state index is 11.7. The van der Waals surface area contributed by atoms with Crippen molar-refractivity contribution in [2.24, 2.45) is 0 Å². The van der Waals surface area contributed by atoms with E-state index in [0.717, 1.165) is 0 Å². The van der Waals surface area contributed by atoms with Gasteiger partial charge in [-0.2, -0.15) is 0 Å². The van der Waals surface area contributed by atoms with Gasteiger partial charge in [0.1, 0.15) is 13.2 Å². The van der Waals surface area contributed by atoms with Gasteiger partial charge in [0.25, 0.3) is 0 Å². The highest BCUT2D eigenvalue weighted by atomic mass is 35.6. The lowest BCUT2D eigenvalue weighted by Gasteiger charge is -2.25. The molecule has 0 heterocycles. The number of carbonyl (C=O) groups excluding carboxylic acids is 2. The maximum Gasteiger partial charge on any atom is 0.479 e. The molecule has 0 radical (unpaired) electrons. The van der Waals surface area contributed by atoms with Crippen LogP contribution in [0.4, 0.5) is 0 Å². The quantitative estimate of drug-likeness (QED) is 0.526. The van der Waals surface area contributed by atoms with Gasteiger partial charge in [-0.1, -0.05) is 41.4 Å². The monoisotopic (exact) mass is 344 g/mol. The van der Waals surface area contributed by atoms with Crippen molar-refractivity contribution < 1.29 is 18.4 Å². The lowest BCUT2D eigenvalue weighted by atomic mass is 10.4. The molecule has 6 nitrogen and oxygen atoms in total. The first kappa shape index (κ1) is 18.6. The molecular formula is C14H21ClN2O4Si. The smallest absolute Gasteiger partial charge is 0.370 e. The summed E-state index contributed by atoms with van der Waals surface area (Å²) in [7, 11) is 3.14. The highest BCUT2D eigenvalue weighted by molar-refractivity contribution is 7.20. The van der Waals surface area contributed by atoms with Crippen LogP contribution >= 0.6 is 11.1 Å². The van der Waals surface area contributed by atoms with Crippen LogP contribution in [0.25, 0.3) is 0 Å². The first-order valence-corrected chi connectivity index (χ1v) is 9.52. The number of hydrogen-bond donors (Lipinski definition) is 0. The first-order chi connectivity index (χ1) is 10.3. The SMILES string of the molecule is CN(C)C(=O)CO[Si](Cl)(OCC(=O)N(C)C)c1ccccc1. The van der Waals surface area contributed by atoms with E-state index in [1.165, 1.54) is 9.80 Å². The molecule has 0 N–H and O–H groups in total. The van der Waals surface area contributed by atoms with Crippen LogP contribution in [0, 0.1) is 0 Å². The molecule has 0 aliphatic carbocycles. The van der Waals surface area contributed by atoms with E-state index >= 15 is 0 Å². The van der Waals surface area contributed by atoms with Crippen molar-refractivity contribution in [3.63, 3.8) is 0 Å². The van der Waals surface area contributed by atoms with Crippen molar-refractivity contribution in [2.45, 2.75) is 0 Å². The van der Waals surface area contributed by atoms with E-state index in [4.69, 9.17) is 19.9 Å².